The Morgan fingerprint density at radius 3 is 2.45 bits per heavy atom. The van der Waals surface area contributed by atoms with Gasteiger partial charge in [-0.3, -0.25) is 0 Å². The highest BCUT2D eigenvalue weighted by atomic mass is 35.5. The van der Waals surface area contributed by atoms with Gasteiger partial charge in [-0.1, -0.05) is 35.9 Å². The van der Waals surface area contributed by atoms with Gasteiger partial charge >= 0.3 is 0 Å². The average molecular weight is 168 g/mol. The van der Waals surface area contributed by atoms with Crippen molar-refractivity contribution in [1.29, 1.82) is 0 Å². The first-order chi connectivity index (χ1) is 5.33. The van der Waals surface area contributed by atoms with Gasteiger partial charge in [0.15, 0.2) is 0 Å². The lowest BCUT2D eigenvalue weighted by Crippen LogP contribution is -1.91. The van der Waals surface area contributed by atoms with Crippen LogP contribution in [0.3, 0.4) is 0 Å². The summed E-state index contributed by atoms with van der Waals surface area (Å²) in [6.07, 6.45) is 3.87. The molecule has 0 atom stereocenters. The molecule has 0 bridgehead atoms. The van der Waals surface area contributed by atoms with Gasteiger partial charge in [-0.05, 0) is 17.7 Å². The molecule has 0 spiro atoms. The maximum absolute atomic E-state index is 5.70. The maximum atomic E-state index is 5.70. The smallest absolute Gasteiger partial charge is 0.0406 e. The zero-order valence-corrected chi connectivity index (χ0v) is 6.88. The minimum Gasteiger partial charge on any atom is -0.327 e. The van der Waals surface area contributed by atoms with Gasteiger partial charge in [0.25, 0.3) is 0 Å². The van der Waals surface area contributed by atoms with E-state index in [9.17, 15) is 0 Å². The zero-order chi connectivity index (χ0) is 8.10. The minimum absolute atomic E-state index is 0.572. The highest BCUT2D eigenvalue weighted by Gasteiger charge is 1.85. The summed E-state index contributed by atoms with van der Waals surface area (Å²) in [5, 5.41) is 0.759. The van der Waals surface area contributed by atoms with Gasteiger partial charge in [0.1, 0.15) is 0 Å². The third-order valence-corrected chi connectivity index (χ3v) is 1.57. The van der Waals surface area contributed by atoms with E-state index in [1.54, 1.807) is 0 Å². The zero-order valence-electron chi connectivity index (χ0n) is 6.13. The predicted molar refractivity (Wildman–Crippen MR) is 49.5 cm³/mol. The molecule has 0 aliphatic heterocycles. The van der Waals surface area contributed by atoms with Gasteiger partial charge in [0.05, 0.1) is 0 Å². The summed E-state index contributed by atoms with van der Waals surface area (Å²) in [5.41, 5.74) is 6.42. The number of hydrogen-bond acceptors (Lipinski definition) is 1. The molecule has 1 rings (SSSR count). The number of halogens is 1. The standard InChI is InChI=1S/C9H10ClN/c10-9-5-3-8(4-6-9)2-1-7-11/h1-6H,7,11H2. The van der Waals surface area contributed by atoms with Crippen molar-refractivity contribution in [2.24, 2.45) is 5.73 Å². The molecule has 0 aliphatic carbocycles. The highest BCUT2D eigenvalue weighted by Crippen LogP contribution is 2.10. The second-order valence-electron chi connectivity index (χ2n) is 2.19. The van der Waals surface area contributed by atoms with Crippen LogP contribution >= 0.6 is 11.6 Å². The summed E-state index contributed by atoms with van der Waals surface area (Å²) in [7, 11) is 0. The molecule has 0 radical (unpaired) electrons. The molecule has 0 aromatic heterocycles. The molecule has 2 N–H and O–H groups in total. The van der Waals surface area contributed by atoms with Crippen LogP contribution in [0, 0.1) is 0 Å². The Bertz CT molecular complexity index is 238. The lowest BCUT2D eigenvalue weighted by atomic mass is 10.2. The second-order valence-corrected chi connectivity index (χ2v) is 2.63. The third-order valence-electron chi connectivity index (χ3n) is 1.32. The Hall–Kier alpha value is -0.790. The van der Waals surface area contributed by atoms with Crippen LogP contribution in [0.15, 0.2) is 30.3 Å². The van der Waals surface area contributed by atoms with Crippen molar-refractivity contribution in [3.8, 4) is 0 Å². The van der Waals surface area contributed by atoms with Crippen LogP contribution < -0.4 is 5.73 Å². The van der Waals surface area contributed by atoms with Crippen LogP contribution in [0.25, 0.3) is 6.08 Å². The van der Waals surface area contributed by atoms with Crippen molar-refractivity contribution < 1.29 is 0 Å². The Kier molecular flexibility index (Phi) is 3.14. The number of hydrogen-bond donors (Lipinski definition) is 1. The summed E-state index contributed by atoms with van der Waals surface area (Å²) < 4.78 is 0. The van der Waals surface area contributed by atoms with E-state index in [-0.39, 0.29) is 0 Å². The van der Waals surface area contributed by atoms with Crippen molar-refractivity contribution >= 4 is 17.7 Å². The molecule has 2 heteroatoms. The number of benzene rings is 1. The first-order valence-electron chi connectivity index (χ1n) is 3.45. The summed E-state index contributed by atoms with van der Waals surface area (Å²) >= 11 is 5.70. The first kappa shape index (κ1) is 8.31. The van der Waals surface area contributed by atoms with Crippen LogP contribution in [0.4, 0.5) is 0 Å². The van der Waals surface area contributed by atoms with Gasteiger partial charge in [-0.15, -0.1) is 0 Å². The van der Waals surface area contributed by atoms with Crippen LogP contribution in [0.2, 0.25) is 5.02 Å². The molecular formula is C9H10ClN. The molecule has 1 aromatic rings. The van der Waals surface area contributed by atoms with E-state index in [4.69, 9.17) is 17.3 Å². The van der Waals surface area contributed by atoms with E-state index in [0.717, 1.165) is 10.6 Å². The SMILES string of the molecule is NCC=Cc1ccc(Cl)cc1. The molecule has 0 heterocycles. The molecule has 0 fully saturated rings. The lowest BCUT2D eigenvalue weighted by molar-refractivity contribution is 1.26. The van der Waals surface area contributed by atoms with Crippen molar-refractivity contribution in [3.05, 3.63) is 40.9 Å². The van der Waals surface area contributed by atoms with E-state index < -0.39 is 0 Å². The molecule has 11 heavy (non-hydrogen) atoms. The third kappa shape index (κ3) is 2.74. The first-order valence-corrected chi connectivity index (χ1v) is 3.83. The minimum atomic E-state index is 0.572. The Morgan fingerprint density at radius 1 is 1.27 bits per heavy atom. The quantitative estimate of drug-likeness (QED) is 0.719. The lowest BCUT2D eigenvalue weighted by Gasteiger charge is -1.91. The summed E-state index contributed by atoms with van der Waals surface area (Å²) in [5.74, 6) is 0. The van der Waals surface area contributed by atoms with Gasteiger partial charge in [-0.25, -0.2) is 0 Å². The molecule has 0 saturated carbocycles. The van der Waals surface area contributed by atoms with E-state index in [1.165, 1.54) is 0 Å². The van der Waals surface area contributed by atoms with Gasteiger partial charge in [0.2, 0.25) is 0 Å². The molecule has 0 aliphatic rings. The van der Waals surface area contributed by atoms with Crippen molar-refractivity contribution in [2.75, 3.05) is 6.54 Å². The van der Waals surface area contributed by atoms with Crippen LogP contribution in [0.1, 0.15) is 5.56 Å². The Morgan fingerprint density at radius 2 is 1.91 bits per heavy atom. The average Bonchev–Trinajstić information content (AvgIpc) is 2.04. The van der Waals surface area contributed by atoms with Crippen molar-refractivity contribution in [3.63, 3.8) is 0 Å². The summed E-state index contributed by atoms with van der Waals surface area (Å²) in [4.78, 5) is 0. The molecular weight excluding hydrogens is 158 g/mol. The predicted octanol–water partition coefficient (Wildman–Crippen LogP) is 2.31. The number of nitrogens with two attached hydrogens (primary N) is 1. The number of rotatable bonds is 2. The fourth-order valence-corrected chi connectivity index (χ4v) is 0.904. The molecule has 0 saturated heterocycles. The molecule has 58 valence electrons. The monoisotopic (exact) mass is 167 g/mol. The fourth-order valence-electron chi connectivity index (χ4n) is 0.778. The second kappa shape index (κ2) is 4.16. The molecule has 1 nitrogen and oxygen atoms in total. The Balaban J connectivity index is 2.73. The van der Waals surface area contributed by atoms with Gasteiger partial charge in [-0.2, -0.15) is 0 Å². The van der Waals surface area contributed by atoms with E-state index in [2.05, 4.69) is 0 Å². The van der Waals surface area contributed by atoms with E-state index >= 15 is 0 Å². The highest BCUT2D eigenvalue weighted by molar-refractivity contribution is 6.30. The molecule has 0 unspecified atom stereocenters. The van der Waals surface area contributed by atoms with Crippen LogP contribution in [0.5, 0.6) is 0 Å². The Labute approximate surface area is 71.5 Å². The van der Waals surface area contributed by atoms with Crippen LogP contribution in [-0.4, -0.2) is 6.54 Å². The normalized spacial score (nSPS) is 10.7. The maximum Gasteiger partial charge on any atom is 0.0406 e. The van der Waals surface area contributed by atoms with Crippen molar-refractivity contribution in [1.82, 2.24) is 0 Å². The largest absolute Gasteiger partial charge is 0.327 e. The van der Waals surface area contributed by atoms with E-state index in [1.807, 2.05) is 36.4 Å². The summed E-state index contributed by atoms with van der Waals surface area (Å²) in [6.45, 7) is 0.572. The van der Waals surface area contributed by atoms with Gasteiger partial charge in [0, 0.05) is 11.6 Å². The van der Waals surface area contributed by atoms with E-state index in [0.29, 0.717) is 6.54 Å². The van der Waals surface area contributed by atoms with Crippen molar-refractivity contribution in [2.45, 2.75) is 0 Å². The summed E-state index contributed by atoms with van der Waals surface area (Å²) in [6, 6.07) is 7.62. The van der Waals surface area contributed by atoms with Gasteiger partial charge < -0.3 is 5.73 Å². The fraction of sp³-hybridized carbons (Fsp3) is 0.111. The van der Waals surface area contributed by atoms with Crippen LogP contribution in [-0.2, 0) is 0 Å². The molecule has 1 aromatic carbocycles. The molecule has 0 amide bonds. The topological polar surface area (TPSA) is 26.0 Å².